The van der Waals surface area contributed by atoms with E-state index in [0.29, 0.717) is 5.30 Å². The molecule has 0 saturated heterocycles. The average Bonchev–Trinajstić information content (AvgIpc) is 3.38. The third-order valence-corrected chi connectivity index (χ3v) is 17.8. The average molecular weight is 1040 g/mol. The predicted octanol–water partition coefficient (Wildman–Crippen LogP) is 21.6. The summed E-state index contributed by atoms with van der Waals surface area (Å²) < 4.78 is 0. The Labute approximate surface area is 451 Å². The molecule has 0 heterocycles. The van der Waals surface area contributed by atoms with Crippen LogP contribution in [0.3, 0.4) is 0 Å². The van der Waals surface area contributed by atoms with E-state index < -0.39 is 16.8 Å². The van der Waals surface area contributed by atoms with Crippen molar-refractivity contribution in [2.75, 3.05) is 0 Å². The molecule has 0 amide bonds. The Morgan fingerprint density at radius 3 is 0.792 bits per heavy atom. The van der Waals surface area contributed by atoms with Gasteiger partial charge in [0.1, 0.15) is 0 Å². The van der Waals surface area contributed by atoms with Crippen LogP contribution in [-0.2, 0) is 19.3 Å². The molecule has 0 aliphatic rings. The Kier molecular flexibility index (Phi) is 46.4. The summed E-state index contributed by atoms with van der Waals surface area (Å²) in [6.45, 7) is 6.89. The largest absolute Gasteiger partial charge is 0.347 e. The summed E-state index contributed by atoms with van der Waals surface area (Å²) in [6, 6.07) is 10.2. The lowest BCUT2D eigenvalue weighted by Crippen LogP contribution is -2.19. The Balaban J connectivity index is 2.03. The van der Waals surface area contributed by atoms with E-state index in [1.165, 1.54) is 306 Å². The maximum absolute atomic E-state index is 11.3. The Hall–Kier alpha value is -0.860. The summed E-state index contributed by atoms with van der Waals surface area (Å²) in [5.41, 5.74) is 5.99. The molecule has 0 aromatic heterocycles. The summed E-state index contributed by atoms with van der Waals surface area (Å²) in [6.07, 6.45) is 67.5. The van der Waals surface area contributed by atoms with Gasteiger partial charge in [-0.2, -0.15) is 0 Å². The number of hydrogen-bond acceptors (Lipinski definition) is 4. The molecule has 4 nitrogen and oxygen atoms in total. The smallest absolute Gasteiger partial charge is 0.200 e. The highest BCUT2D eigenvalue weighted by molar-refractivity contribution is 7.54. The zero-order chi connectivity index (χ0) is 51.8. The standard InChI is InChI=1S/C66H120O4P2/c1-4-7-10-13-16-19-22-25-28-31-34-37-40-43-46-49-52-61-59-65(60-55-57-62(58-56-60)71(67)68)63(53-50-47-44-41-38-35-32-29-26-23-20-17-14-11-8-5-2)64(66(61)72(69)70)54-51-48-45-42-39-36-33-30-27-24-21-18-15-12-9-6-3/h55-59,67-70H,4-54H2,1-3H3. The quantitative estimate of drug-likeness (QED) is 0.0393. The van der Waals surface area contributed by atoms with E-state index in [-0.39, 0.29) is 0 Å². The lowest BCUT2D eigenvalue weighted by atomic mass is 9.86. The molecule has 4 N–H and O–H groups in total. The first-order chi connectivity index (χ1) is 35.4. The minimum atomic E-state index is -2.24. The summed E-state index contributed by atoms with van der Waals surface area (Å²) >= 11 is 0. The van der Waals surface area contributed by atoms with Crippen LogP contribution in [-0.4, -0.2) is 19.6 Å². The van der Waals surface area contributed by atoms with Crippen LogP contribution in [0.1, 0.15) is 346 Å². The summed E-state index contributed by atoms with van der Waals surface area (Å²) in [4.78, 5) is 42.7. The zero-order valence-corrected chi connectivity index (χ0v) is 49.9. The van der Waals surface area contributed by atoms with E-state index in [1.807, 2.05) is 12.1 Å². The van der Waals surface area contributed by atoms with Gasteiger partial charge >= 0.3 is 0 Å². The van der Waals surface area contributed by atoms with Crippen molar-refractivity contribution in [1.82, 2.24) is 0 Å². The Morgan fingerprint density at radius 2 is 0.528 bits per heavy atom. The Bertz CT molecular complexity index is 1460. The molecule has 0 atom stereocenters. The van der Waals surface area contributed by atoms with Crippen molar-refractivity contribution in [3.8, 4) is 11.1 Å². The number of unbranched alkanes of at least 4 members (excludes halogenated alkanes) is 45. The molecule has 0 aliphatic heterocycles. The molecule has 0 unspecified atom stereocenters. The van der Waals surface area contributed by atoms with E-state index in [9.17, 15) is 19.6 Å². The second-order valence-electron chi connectivity index (χ2n) is 22.7. The van der Waals surface area contributed by atoms with Crippen molar-refractivity contribution in [2.45, 2.75) is 348 Å². The van der Waals surface area contributed by atoms with Gasteiger partial charge in [-0.3, -0.25) is 0 Å². The molecular weight excluding hydrogens is 919 g/mol. The van der Waals surface area contributed by atoms with Gasteiger partial charge in [-0.05, 0) is 78.5 Å². The van der Waals surface area contributed by atoms with E-state index in [1.54, 1.807) is 0 Å². The van der Waals surface area contributed by atoms with Crippen LogP contribution in [0, 0.1) is 0 Å². The molecule has 0 saturated carbocycles. The minimum Gasteiger partial charge on any atom is -0.347 e. The molecule has 6 heteroatoms. The van der Waals surface area contributed by atoms with Gasteiger partial charge in [0.15, 0.2) is 16.8 Å². The molecule has 0 aliphatic carbocycles. The van der Waals surface area contributed by atoms with Gasteiger partial charge in [0, 0.05) is 10.6 Å². The molecule has 418 valence electrons. The normalized spacial score (nSPS) is 11.8. The number of hydrogen-bond donors (Lipinski definition) is 4. The van der Waals surface area contributed by atoms with Crippen molar-refractivity contribution in [1.29, 1.82) is 0 Å². The van der Waals surface area contributed by atoms with Crippen molar-refractivity contribution >= 4 is 27.4 Å². The predicted molar refractivity (Wildman–Crippen MR) is 324 cm³/mol. The second-order valence-corrected chi connectivity index (χ2v) is 24.8. The first-order valence-corrected chi connectivity index (χ1v) is 34.6. The van der Waals surface area contributed by atoms with Gasteiger partial charge in [0.2, 0.25) is 0 Å². The fraction of sp³-hybridized carbons (Fsp3) is 0.818. The third-order valence-electron chi connectivity index (χ3n) is 16.1. The van der Waals surface area contributed by atoms with Crippen LogP contribution in [0.4, 0.5) is 0 Å². The number of aryl methyl sites for hydroxylation is 1. The number of rotatable bonds is 54. The topological polar surface area (TPSA) is 80.9 Å². The van der Waals surface area contributed by atoms with Crippen LogP contribution in [0.25, 0.3) is 11.1 Å². The van der Waals surface area contributed by atoms with Gasteiger partial charge in [0.05, 0.1) is 0 Å². The highest BCUT2D eigenvalue weighted by Crippen LogP contribution is 2.38. The van der Waals surface area contributed by atoms with Gasteiger partial charge in [-0.25, -0.2) is 0 Å². The fourth-order valence-corrected chi connectivity index (χ4v) is 12.8. The molecule has 72 heavy (non-hydrogen) atoms. The van der Waals surface area contributed by atoms with Crippen LogP contribution in [0.15, 0.2) is 30.3 Å². The van der Waals surface area contributed by atoms with Crippen molar-refractivity contribution in [3.63, 3.8) is 0 Å². The van der Waals surface area contributed by atoms with E-state index in [4.69, 9.17) is 0 Å². The number of benzene rings is 2. The third kappa shape index (κ3) is 35.5. The molecule has 0 radical (unpaired) electrons. The fourth-order valence-electron chi connectivity index (χ4n) is 11.4. The second kappa shape index (κ2) is 49.7. The van der Waals surface area contributed by atoms with Crippen LogP contribution in [0.5, 0.6) is 0 Å². The zero-order valence-electron chi connectivity index (χ0n) is 48.1. The summed E-state index contributed by atoms with van der Waals surface area (Å²) in [7, 11) is -4.39. The van der Waals surface area contributed by atoms with Gasteiger partial charge in [0.25, 0.3) is 0 Å². The monoisotopic (exact) mass is 1040 g/mol. The SMILES string of the molecule is CCCCCCCCCCCCCCCCCCc1cc(-c2ccc(P(O)O)cc2)c(CCCCCCCCCCCCCCCCCC)c(CCCCCCCCCCCCCCCCCC)c1P(O)O. The van der Waals surface area contributed by atoms with Crippen molar-refractivity contribution < 1.29 is 19.6 Å². The van der Waals surface area contributed by atoms with Crippen LogP contribution < -0.4 is 10.6 Å². The van der Waals surface area contributed by atoms with Gasteiger partial charge in [-0.15, -0.1) is 0 Å². The molecule has 0 fully saturated rings. The van der Waals surface area contributed by atoms with Crippen molar-refractivity contribution in [2.24, 2.45) is 0 Å². The van der Waals surface area contributed by atoms with Crippen LogP contribution in [0.2, 0.25) is 0 Å². The molecule has 0 spiro atoms. The van der Waals surface area contributed by atoms with E-state index >= 15 is 0 Å². The van der Waals surface area contributed by atoms with Crippen molar-refractivity contribution in [3.05, 3.63) is 47.0 Å². The molecule has 2 aromatic rings. The van der Waals surface area contributed by atoms with Crippen LogP contribution >= 0.6 is 16.8 Å². The summed E-state index contributed by atoms with van der Waals surface area (Å²) in [5.74, 6) is 0. The lowest BCUT2D eigenvalue weighted by Gasteiger charge is -2.24. The van der Waals surface area contributed by atoms with E-state index in [2.05, 4.69) is 39.0 Å². The highest BCUT2D eigenvalue weighted by Gasteiger charge is 2.23. The highest BCUT2D eigenvalue weighted by atomic mass is 31.2. The maximum atomic E-state index is 11.3. The molecule has 2 rings (SSSR count). The minimum absolute atomic E-state index is 0.570. The Morgan fingerprint density at radius 1 is 0.278 bits per heavy atom. The van der Waals surface area contributed by atoms with Gasteiger partial charge in [-0.1, -0.05) is 328 Å². The molecular formula is C66H120O4P2. The first-order valence-electron chi connectivity index (χ1n) is 32.1. The first kappa shape index (κ1) is 67.3. The summed E-state index contributed by atoms with van der Waals surface area (Å²) in [5, 5.41) is 1.42. The molecule has 2 aromatic carbocycles. The van der Waals surface area contributed by atoms with E-state index in [0.717, 1.165) is 55.0 Å². The van der Waals surface area contributed by atoms with Gasteiger partial charge < -0.3 is 19.6 Å². The lowest BCUT2D eigenvalue weighted by molar-refractivity contribution is 0.494. The molecule has 0 bridgehead atoms. The maximum Gasteiger partial charge on any atom is 0.200 e.